The maximum atomic E-state index is 10.9. The molecule has 0 aliphatic rings. The Kier molecular flexibility index (Phi) is 4.76. The van der Waals surface area contributed by atoms with Crippen molar-refractivity contribution in [2.75, 3.05) is 19.0 Å². The highest BCUT2D eigenvalue weighted by molar-refractivity contribution is 7.89. The van der Waals surface area contributed by atoms with Gasteiger partial charge < -0.3 is 4.74 Å². The van der Waals surface area contributed by atoms with Gasteiger partial charge in [-0.2, -0.15) is 0 Å². The largest absolute Gasteiger partial charge is 0.380 e. The Labute approximate surface area is 93.2 Å². The van der Waals surface area contributed by atoms with Gasteiger partial charge in [0, 0.05) is 5.41 Å². The second-order valence-electron chi connectivity index (χ2n) is 6.02. The zero-order valence-electron chi connectivity index (χ0n) is 10.3. The van der Waals surface area contributed by atoms with E-state index in [-0.39, 0.29) is 11.2 Å². The molecule has 0 rings (SSSR count). The van der Waals surface area contributed by atoms with E-state index >= 15 is 0 Å². The van der Waals surface area contributed by atoms with E-state index in [0.29, 0.717) is 13.2 Å². The number of nitrogens with two attached hydrogens (primary N) is 1. The molecule has 0 heterocycles. The van der Waals surface area contributed by atoms with Crippen LogP contribution in [0.25, 0.3) is 0 Å². The third-order valence-corrected chi connectivity index (χ3v) is 2.80. The van der Waals surface area contributed by atoms with Crippen LogP contribution in [0.4, 0.5) is 0 Å². The summed E-state index contributed by atoms with van der Waals surface area (Å²) in [4.78, 5) is 0. The molecule has 0 aliphatic carbocycles. The highest BCUT2D eigenvalue weighted by Crippen LogP contribution is 2.20. The average molecular weight is 237 g/mol. The van der Waals surface area contributed by atoms with Gasteiger partial charge in [0.05, 0.1) is 19.0 Å². The molecule has 0 unspecified atom stereocenters. The second kappa shape index (κ2) is 4.80. The van der Waals surface area contributed by atoms with Crippen LogP contribution in [0.15, 0.2) is 0 Å². The molecule has 0 aromatic heterocycles. The normalized spacial score (nSPS) is 14.3. The van der Waals surface area contributed by atoms with Gasteiger partial charge in [0.25, 0.3) is 0 Å². The minimum Gasteiger partial charge on any atom is -0.380 e. The Morgan fingerprint density at radius 3 is 1.87 bits per heavy atom. The molecule has 0 aromatic carbocycles. The maximum Gasteiger partial charge on any atom is 0.209 e. The van der Waals surface area contributed by atoms with Crippen LogP contribution in [-0.4, -0.2) is 27.4 Å². The minimum atomic E-state index is -3.43. The van der Waals surface area contributed by atoms with Crippen molar-refractivity contribution in [3.8, 4) is 0 Å². The fourth-order valence-electron chi connectivity index (χ4n) is 1.22. The predicted octanol–water partition coefficient (Wildman–Crippen LogP) is 1.36. The molecular weight excluding hydrogens is 214 g/mol. The molecule has 0 fully saturated rings. The minimum absolute atomic E-state index is 0.0514. The second-order valence-corrected chi connectivity index (χ2v) is 7.64. The zero-order chi connectivity index (χ0) is 12.3. The molecule has 4 nitrogen and oxygen atoms in total. The van der Waals surface area contributed by atoms with E-state index in [1.54, 1.807) is 0 Å². The molecule has 15 heavy (non-hydrogen) atoms. The lowest BCUT2D eigenvalue weighted by Crippen LogP contribution is -2.33. The Bertz CT molecular complexity index is 288. The van der Waals surface area contributed by atoms with E-state index < -0.39 is 15.4 Å². The van der Waals surface area contributed by atoms with Gasteiger partial charge in [-0.25, -0.2) is 13.6 Å². The molecule has 2 N–H and O–H groups in total. The third kappa shape index (κ3) is 10.2. The van der Waals surface area contributed by atoms with Gasteiger partial charge in [-0.3, -0.25) is 0 Å². The third-order valence-electron chi connectivity index (χ3n) is 1.62. The van der Waals surface area contributed by atoms with Gasteiger partial charge >= 0.3 is 0 Å². The van der Waals surface area contributed by atoms with Crippen molar-refractivity contribution in [1.29, 1.82) is 0 Å². The summed E-state index contributed by atoms with van der Waals surface area (Å²) in [7, 11) is -3.43. The summed E-state index contributed by atoms with van der Waals surface area (Å²) in [5.74, 6) is -0.0514. The summed E-state index contributed by atoms with van der Waals surface area (Å²) in [6, 6.07) is 0. The van der Waals surface area contributed by atoms with Gasteiger partial charge in [0.15, 0.2) is 0 Å². The molecule has 0 radical (unpaired) electrons. The molecule has 0 amide bonds. The van der Waals surface area contributed by atoms with Crippen LogP contribution < -0.4 is 5.14 Å². The SMILES string of the molecule is CC(C)(C)COCC(C)(C)CS(N)(=O)=O. The maximum absolute atomic E-state index is 10.9. The first-order valence-electron chi connectivity index (χ1n) is 5.00. The Hall–Kier alpha value is -0.130. The number of sulfonamides is 1. The molecule has 5 heteroatoms. The van der Waals surface area contributed by atoms with E-state index in [4.69, 9.17) is 9.88 Å². The topological polar surface area (TPSA) is 69.4 Å². The van der Waals surface area contributed by atoms with E-state index in [1.165, 1.54) is 0 Å². The number of hydrogen-bond acceptors (Lipinski definition) is 3. The first kappa shape index (κ1) is 14.9. The summed E-state index contributed by atoms with van der Waals surface area (Å²) >= 11 is 0. The number of rotatable bonds is 5. The van der Waals surface area contributed by atoms with Crippen molar-refractivity contribution >= 4 is 10.0 Å². The standard InChI is InChI=1S/C10H23NO3S/c1-9(2,3)6-14-7-10(4,5)8-15(11,12)13/h6-8H2,1-5H3,(H2,11,12,13). The van der Waals surface area contributed by atoms with Crippen LogP contribution in [0.2, 0.25) is 0 Å². The zero-order valence-corrected chi connectivity index (χ0v) is 11.1. The summed E-state index contributed by atoms with van der Waals surface area (Å²) in [5.41, 5.74) is -0.337. The van der Waals surface area contributed by atoms with Gasteiger partial charge in [0.2, 0.25) is 10.0 Å². The highest BCUT2D eigenvalue weighted by atomic mass is 32.2. The van der Waals surface area contributed by atoms with Crippen LogP contribution in [0.5, 0.6) is 0 Å². The van der Waals surface area contributed by atoms with Crippen LogP contribution in [0, 0.1) is 10.8 Å². The van der Waals surface area contributed by atoms with Gasteiger partial charge in [-0.05, 0) is 5.41 Å². The average Bonchev–Trinajstić information content (AvgIpc) is 1.75. The molecule has 0 aliphatic heterocycles. The van der Waals surface area contributed by atoms with Crippen LogP contribution >= 0.6 is 0 Å². The van der Waals surface area contributed by atoms with Crippen molar-refractivity contribution in [1.82, 2.24) is 0 Å². The van der Waals surface area contributed by atoms with Crippen LogP contribution in [-0.2, 0) is 14.8 Å². The van der Waals surface area contributed by atoms with Crippen molar-refractivity contribution in [2.24, 2.45) is 16.0 Å². The van der Waals surface area contributed by atoms with E-state index in [1.807, 2.05) is 13.8 Å². The van der Waals surface area contributed by atoms with Gasteiger partial charge in [0.1, 0.15) is 0 Å². The lowest BCUT2D eigenvalue weighted by Gasteiger charge is -2.26. The van der Waals surface area contributed by atoms with Crippen molar-refractivity contribution in [2.45, 2.75) is 34.6 Å². The molecule has 0 spiro atoms. The quantitative estimate of drug-likeness (QED) is 0.785. The Morgan fingerprint density at radius 1 is 1.07 bits per heavy atom. The molecule has 0 atom stereocenters. The molecular formula is C10H23NO3S. The lowest BCUT2D eigenvalue weighted by molar-refractivity contribution is 0.0285. The smallest absolute Gasteiger partial charge is 0.209 e. The first-order valence-corrected chi connectivity index (χ1v) is 6.71. The Morgan fingerprint density at radius 2 is 1.53 bits per heavy atom. The molecule has 0 aromatic rings. The predicted molar refractivity (Wildman–Crippen MR) is 62.0 cm³/mol. The van der Waals surface area contributed by atoms with E-state index in [0.717, 1.165) is 0 Å². The first-order chi connectivity index (χ1) is 6.41. The summed E-state index contributed by atoms with van der Waals surface area (Å²) in [6.07, 6.45) is 0. The Balaban J connectivity index is 4.06. The van der Waals surface area contributed by atoms with Crippen LogP contribution in [0.3, 0.4) is 0 Å². The van der Waals surface area contributed by atoms with Crippen molar-refractivity contribution in [3.05, 3.63) is 0 Å². The van der Waals surface area contributed by atoms with Crippen molar-refractivity contribution in [3.63, 3.8) is 0 Å². The van der Waals surface area contributed by atoms with Gasteiger partial charge in [-0.1, -0.05) is 34.6 Å². The molecule has 0 bridgehead atoms. The summed E-state index contributed by atoms with van der Waals surface area (Å²) in [6.45, 7) is 10.9. The highest BCUT2D eigenvalue weighted by Gasteiger charge is 2.25. The van der Waals surface area contributed by atoms with Gasteiger partial charge in [-0.15, -0.1) is 0 Å². The number of ether oxygens (including phenoxy) is 1. The number of primary sulfonamides is 1. The monoisotopic (exact) mass is 237 g/mol. The van der Waals surface area contributed by atoms with Crippen LogP contribution in [0.1, 0.15) is 34.6 Å². The fraction of sp³-hybridized carbons (Fsp3) is 1.00. The molecule has 92 valence electrons. The molecule has 0 saturated heterocycles. The lowest BCUT2D eigenvalue weighted by atomic mass is 9.96. The van der Waals surface area contributed by atoms with E-state index in [9.17, 15) is 8.42 Å². The summed E-state index contributed by atoms with van der Waals surface area (Å²) in [5, 5.41) is 5.00. The summed E-state index contributed by atoms with van der Waals surface area (Å²) < 4.78 is 27.3. The molecule has 0 saturated carbocycles. The fourth-order valence-corrected chi connectivity index (χ4v) is 2.39. The van der Waals surface area contributed by atoms with E-state index in [2.05, 4.69) is 20.8 Å². The van der Waals surface area contributed by atoms with Crippen molar-refractivity contribution < 1.29 is 13.2 Å². The number of hydrogen-bond donors (Lipinski definition) is 1.